The van der Waals surface area contributed by atoms with Crippen LogP contribution in [0.3, 0.4) is 0 Å². The third-order valence-electron chi connectivity index (χ3n) is 6.22. The van der Waals surface area contributed by atoms with E-state index in [4.69, 9.17) is 0 Å². The van der Waals surface area contributed by atoms with Gasteiger partial charge in [-0.1, -0.05) is 29.8 Å². The number of likely N-dealkylation sites (tertiary alicyclic amines) is 1. The summed E-state index contributed by atoms with van der Waals surface area (Å²) in [5.74, 6) is 0. The highest BCUT2D eigenvalue weighted by atomic mass is 32.2. The van der Waals surface area contributed by atoms with Gasteiger partial charge in [0.15, 0.2) is 0 Å². The molecule has 1 atom stereocenters. The number of hydrogen-bond acceptors (Lipinski definition) is 4. The van der Waals surface area contributed by atoms with Gasteiger partial charge in [0.2, 0.25) is 10.0 Å². The van der Waals surface area contributed by atoms with Crippen LogP contribution in [0.2, 0.25) is 0 Å². The number of nitrogens with one attached hydrogen (secondary N) is 1. The largest absolute Gasteiger partial charge is 0.374 e. The number of fused-ring (bicyclic) bond motifs is 1. The van der Waals surface area contributed by atoms with Gasteiger partial charge in [-0.05, 0) is 75.0 Å². The molecule has 0 radical (unpaired) electrons. The number of nitrogens with zero attached hydrogens (tertiary/aromatic N) is 2. The molecule has 0 aromatic heterocycles. The first-order chi connectivity index (χ1) is 13.9. The first-order valence-electron chi connectivity index (χ1n) is 10.6. The van der Waals surface area contributed by atoms with Crippen LogP contribution in [0.25, 0.3) is 0 Å². The van der Waals surface area contributed by atoms with Crippen LogP contribution in [0.1, 0.15) is 42.0 Å². The summed E-state index contributed by atoms with van der Waals surface area (Å²) in [6.07, 6.45) is 4.61. The Bertz CT molecular complexity index is 951. The Morgan fingerprint density at radius 2 is 1.72 bits per heavy atom. The van der Waals surface area contributed by atoms with Crippen molar-refractivity contribution in [3.05, 3.63) is 59.2 Å². The average Bonchev–Trinajstić information content (AvgIpc) is 3.23. The van der Waals surface area contributed by atoms with E-state index in [-0.39, 0.29) is 6.04 Å². The lowest BCUT2D eigenvalue weighted by Crippen LogP contribution is -2.37. The van der Waals surface area contributed by atoms with Crippen molar-refractivity contribution >= 4 is 15.7 Å². The number of rotatable bonds is 6. The first kappa shape index (κ1) is 20.4. The van der Waals surface area contributed by atoms with Gasteiger partial charge in [-0.2, -0.15) is 0 Å². The van der Waals surface area contributed by atoms with E-state index in [1.807, 2.05) is 19.1 Å². The van der Waals surface area contributed by atoms with Crippen LogP contribution in [-0.4, -0.2) is 46.5 Å². The van der Waals surface area contributed by atoms with Crippen LogP contribution in [0, 0.1) is 6.92 Å². The van der Waals surface area contributed by atoms with Gasteiger partial charge in [-0.25, -0.2) is 13.1 Å². The molecular weight excluding hydrogens is 382 g/mol. The van der Waals surface area contributed by atoms with Crippen molar-refractivity contribution in [2.24, 2.45) is 0 Å². The molecule has 2 aromatic carbocycles. The molecule has 1 N–H and O–H groups in total. The monoisotopic (exact) mass is 413 g/mol. The highest BCUT2D eigenvalue weighted by molar-refractivity contribution is 7.89. The molecule has 156 valence electrons. The van der Waals surface area contributed by atoms with Crippen LogP contribution in [0.5, 0.6) is 0 Å². The SMILES string of the molecule is Cc1ccc(S(=O)(=O)NC[C@H](c2ccc3c(c2)CCCN3C)N2CCCC2)cc1. The molecule has 6 heteroatoms. The normalized spacial score (nSPS) is 18.6. The molecule has 29 heavy (non-hydrogen) atoms. The minimum Gasteiger partial charge on any atom is -0.374 e. The van der Waals surface area contributed by atoms with Crippen molar-refractivity contribution in [3.8, 4) is 0 Å². The van der Waals surface area contributed by atoms with E-state index in [0.29, 0.717) is 11.4 Å². The number of sulfonamides is 1. The fourth-order valence-electron chi connectivity index (χ4n) is 4.51. The second-order valence-electron chi connectivity index (χ2n) is 8.34. The first-order valence-corrected chi connectivity index (χ1v) is 12.1. The summed E-state index contributed by atoms with van der Waals surface area (Å²) in [6, 6.07) is 13.8. The predicted molar refractivity (Wildman–Crippen MR) is 118 cm³/mol. The lowest BCUT2D eigenvalue weighted by Gasteiger charge is -2.31. The summed E-state index contributed by atoms with van der Waals surface area (Å²) in [5, 5.41) is 0. The van der Waals surface area contributed by atoms with Crippen molar-refractivity contribution in [2.45, 2.75) is 43.5 Å². The fourth-order valence-corrected chi connectivity index (χ4v) is 5.55. The smallest absolute Gasteiger partial charge is 0.240 e. The Morgan fingerprint density at radius 3 is 2.45 bits per heavy atom. The van der Waals surface area contributed by atoms with Crippen molar-refractivity contribution in [2.75, 3.05) is 38.1 Å². The molecule has 0 unspecified atom stereocenters. The van der Waals surface area contributed by atoms with Gasteiger partial charge in [-0.15, -0.1) is 0 Å². The zero-order valence-corrected chi connectivity index (χ0v) is 18.2. The highest BCUT2D eigenvalue weighted by Gasteiger charge is 2.27. The lowest BCUT2D eigenvalue weighted by molar-refractivity contribution is 0.246. The summed E-state index contributed by atoms with van der Waals surface area (Å²) in [6.45, 7) is 5.49. The van der Waals surface area contributed by atoms with E-state index >= 15 is 0 Å². The quantitative estimate of drug-likeness (QED) is 0.788. The number of anilines is 1. The predicted octanol–water partition coefficient (Wildman–Crippen LogP) is 3.49. The maximum absolute atomic E-state index is 12.8. The third kappa shape index (κ3) is 4.49. The van der Waals surface area contributed by atoms with E-state index in [0.717, 1.165) is 31.6 Å². The van der Waals surface area contributed by atoms with Crippen molar-refractivity contribution in [1.29, 1.82) is 0 Å². The molecule has 2 aliphatic heterocycles. The Labute approximate surface area is 174 Å². The van der Waals surface area contributed by atoms with Gasteiger partial charge in [-0.3, -0.25) is 4.90 Å². The van der Waals surface area contributed by atoms with E-state index in [2.05, 4.69) is 39.8 Å². The zero-order valence-electron chi connectivity index (χ0n) is 17.4. The van der Waals surface area contributed by atoms with Gasteiger partial charge in [0, 0.05) is 31.9 Å². The van der Waals surface area contributed by atoms with Crippen molar-refractivity contribution < 1.29 is 8.42 Å². The summed E-state index contributed by atoms with van der Waals surface area (Å²) < 4.78 is 28.5. The number of benzene rings is 2. The van der Waals surface area contributed by atoms with Crippen LogP contribution >= 0.6 is 0 Å². The van der Waals surface area contributed by atoms with Gasteiger partial charge in [0.1, 0.15) is 0 Å². The van der Waals surface area contributed by atoms with E-state index in [1.54, 1.807) is 12.1 Å². The van der Waals surface area contributed by atoms with Crippen molar-refractivity contribution in [3.63, 3.8) is 0 Å². The summed E-state index contributed by atoms with van der Waals surface area (Å²) >= 11 is 0. The average molecular weight is 414 g/mol. The minimum atomic E-state index is -3.52. The summed E-state index contributed by atoms with van der Waals surface area (Å²) in [5.41, 5.74) is 4.95. The summed E-state index contributed by atoms with van der Waals surface area (Å²) in [7, 11) is -1.38. The van der Waals surface area contributed by atoms with Gasteiger partial charge in [0.25, 0.3) is 0 Å². The molecule has 0 bridgehead atoms. The molecule has 0 spiro atoms. The van der Waals surface area contributed by atoms with Gasteiger partial charge in [0.05, 0.1) is 4.90 Å². The number of aryl methyl sites for hydroxylation is 2. The molecule has 2 aromatic rings. The van der Waals surface area contributed by atoms with Crippen LogP contribution in [-0.2, 0) is 16.4 Å². The van der Waals surface area contributed by atoms with Gasteiger partial charge < -0.3 is 4.90 Å². The molecule has 2 aliphatic rings. The minimum absolute atomic E-state index is 0.0651. The second kappa shape index (κ2) is 8.46. The lowest BCUT2D eigenvalue weighted by atomic mass is 9.96. The van der Waals surface area contributed by atoms with Crippen LogP contribution in [0.15, 0.2) is 47.4 Å². The zero-order chi connectivity index (χ0) is 20.4. The molecule has 0 saturated carbocycles. The van der Waals surface area contributed by atoms with Crippen LogP contribution in [0.4, 0.5) is 5.69 Å². The maximum Gasteiger partial charge on any atom is 0.240 e. The third-order valence-corrected chi connectivity index (χ3v) is 7.66. The standard InChI is InChI=1S/C23H31N3O2S/c1-18-7-10-21(11-8-18)29(27,28)24-17-23(26-14-3-4-15-26)20-9-12-22-19(16-20)6-5-13-25(22)2/h7-12,16,23-24H,3-6,13-15,17H2,1-2H3/t23-/m1/s1. The van der Waals surface area contributed by atoms with Gasteiger partial charge >= 0.3 is 0 Å². The van der Waals surface area contributed by atoms with Crippen molar-refractivity contribution in [1.82, 2.24) is 9.62 Å². The Morgan fingerprint density at radius 1 is 1.00 bits per heavy atom. The van der Waals surface area contributed by atoms with Crippen LogP contribution < -0.4 is 9.62 Å². The maximum atomic E-state index is 12.8. The highest BCUT2D eigenvalue weighted by Crippen LogP contribution is 2.32. The fraction of sp³-hybridized carbons (Fsp3) is 0.478. The molecule has 1 fully saturated rings. The van der Waals surface area contributed by atoms with E-state index in [1.165, 1.54) is 36.1 Å². The molecule has 2 heterocycles. The second-order valence-corrected chi connectivity index (χ2v) is 10.1. The molecule has 5 nitrogen and oxygen atoms in total. The molecular formula is C23H31N3O2S. The van der Waals surface area contributed by atoms with E-state index < -0.39 is 10.0 Å². The summed E-state index contributed by atoms with van der Waals surface area (Å²) in [4.78, 5) is 5.06. The molecule has 1 saturated heterocycles. The Hall–Kier alpha value is -1.89. The topological polar surface area (TPSA) is 52.7 Å². The number of hydrogen-bond donors (Lipinski definition) is 1. The molecule has 0 aliphatic carbocycles. The Balaban J connectivity index is 1.57. The molecule has 0 amide bonds. The molecule has 4 rings (SSSR count). The Kier molecular flexibility index (Phi) is 5.95. The van der Waals surface area contributed by atoms with E-state index in [9.17, 15) is 8.42 Å².